The summed E-state index contributed by atoms with van der Waals surface area (Å²) in [5, 5.41) is 3.57. The summed E-state index contributed by atoms with van der Waals surface area (Å²) >= 11 is 0. The van der Waals surface area contributed by atoms with Gasteiger partial charge in [-0.15, -0.1) is 0 Å². The Labute approximate surface area is 192 Å². The summed E-state index contributed by atoms with van der Waals surface area (Å²) < 4.78 is 47.0. The summed E-state index contributed by atoms with van der Waals surface area (Å²) in [6.45, 7) is 3.74. The molecule has 0 radical (unpaired) electrons. The number of rotatable bonds is 4. The Bertz CT molecular complexity index is 924. The van der Waals surface area contributed by atoms with Crippen LogP contribution in [0.3, 0.4) is 0 Å². The van der Waals surface area contributed by atoms with Gasteiger partial charge < -0.3 is 15.0 Å². The summed E-state index contributed by atoms with van der Waals surface area (Å²) in [4.78, 5) is 15.0. The van der Waals surface area contributed by atoms with Crippen molar-refractivity contribution in [1.82, 2.24) is 9.80 Å². The molecule has 0 aromatic heterocycles. The molecule has 1 N–H and O–H groups in total. The second-order valence-electron chi connectivity index (χ2n) is 9.54. The molecule has 2 saturated heterocycles. The van der Waals surface area contributed by atoms with Crippen molar-refractivity contribution in [1.29, 1.82) is 0 Å². The third-order valence-electron chi connectivity index (χ3n) is 7.51. The van der Waals surface area contributed by atoms with Crippen molar-refractivity contribution in [2.45, 2.75) is 43.7 Å². The number of fused-ring (bicyclic) bond motifs is 3. The van der Waals surface area contributed by atoms with Crippen LogP contribution in [0.1, 0.15) is 36.5 Å². The maximum absolute atomic E-state index is 13.5. The largest absolute Gasteiger partial charge is 0.416 e. The molecule has 3 heterocycles. The summed E-state index contributed by atoms with van der Waals surface area (Å²) in [5.74, 6) is 0.403. The summed E-state index contributed by atoms with van der Waals surface area (Å²) in [6, 6.07) is 4.12. The number of halogens is 3. The number of alkyl halides is 3. The fourth-order valence-electron chi connectivity index (χ4n) is 5.73. The summed E-state index contributed by atoms with van der Waals surface area (Å²) in [5.41, 5.74) is 0.741. The molecule has 0 spiro atoms. The van der Waals surface area contributed by atoms with Crippen molar-refractivity contribution in [2.24, 2.45) is 11.8 Å². The quantitative estimate of drug-likeness (QED) is 0.682. The van der Waals surface area contributed by atoms with Crippen molar-refractivity contribution in [3.05, 3.63) is 53.6 Å². The van der Waals surface area contributed by atoms with Gasteiger partial charge in [0.2, 0.25) is 6.41 Å². The highest BCUT2D eigenvalue weighted by Crippen LogP contribution is 2.49. The number of benzene rings is 1. The van der Waals surface area contributed by atoms with Crippen molar-refractivity contribution in [3.8, 4) is 0 Å². The fraction of sp³-hybridized carbons (Fsp3) is 0.560. The smallest absolute Gasteiger partial charge is 0.381 e. The molecule has 1 amide bonds. The van der Waals surface area contributed by atoms with Gasteiger partial charge in [0.15, 0.2) is 0 Å². The van der Waals surface area contributed by atoms with Gasteiger partial charge >= 0.3 is 6.18 Å². The molecule has 1 aliphatic carbocycles. The molecular weight excluding hydrogens is 431 g/mol. The maximum Gasteiger partial charge on any atom is 0.416 e. The Hall–Kier alpha value is -2.32. The van der Waals surface area contributed by atoms with Crippen LogP contribution in [0.5, 0.6) is 0 Å². The number of carbonyl (C=O) groups excluding carboxylic acids is 1. The molecule has 5 rings (SSSR count). The fourth-order valence-corrected chi connectivity index (χ4v) is 5.73. The van der Waals surface area contributed by atoms with Crippen LogP contribution in [0.2, 0.25) is 0 Å². The summed E-state index contributed by atoms with van der Waals surface area (Å²) in [7, 11) is 0. The van der Waals surface area contributed by atoms with Gasteiger partial charge in [0.25, 0.3) is 0 Å². The maximum atomic E-state index is 13.5. The molecule has 8 heteroatoms. The van der Waals surface area contributed by atoms with Crippen LogP contribution in [-0.2, 0) is 15.7 Å². The Kier molecular flexibility index (Phi) is 6.22. The number of amides is 1. The second kappa shape index (κ2) is 9.14. The second-order valence-corrected chi connectivity index (χ2v) is 9.54. The topological polar surface area (TPSA) is 44.8 Å². The molecule has 1 unspecified atom stereocenters. The van der Waals surface area contributed by atoms with Crippen LogP contribution in [0.25, 0.3) is 0 Å². The average Bonchev–Trinajstić information content (AvgIpc) is 2.83. The third-order valence-corrected chi connectivity index (χ3v) is 7.51. The first-order chi connectivity index (χ1) is 15.9. The molecular formula is C25H30F3N3O2. The normalized spacial score (nSPS) is 32.1. The molecule has 3 aliphatic heterocycles. The minimum atomic E-state index is -4.38. The number of carbonyl (C=O) groups is 1. The minimum Gasteiger partial charge on any atom is -0.381 e. The van der Waals surface area contributed by atoms with E-state index < -0.39 is 11.7 Å². The lowest BCUT2D eigenvalue weighted by atomic mass is 9.73. The van der Waals surface area contributed by atoms with Gasteiger partial charge in [0, 0.05) is 61.9 Å². The van der Waals surface area contributed by atoms with Gasteiger partial charge in [-0.05, 0) is 37.5 Å². The average molecular weight is 462 g/mol. The van der Waals surface area contributed by atoms with Crippen LogP contribution in [0, 0.1) is 11.8 Å². The standard InChI is InChI=1S/C25H30F3N3O2/c26-25(27,28)18-6-9-22-21(14-18)24-20(23(29-22)17-4-2-1-3-5-17)8-7-19(33-24)15-30-10-12-31(16-32)13-11-30/h1-4,6,9,14,16-17,19-20,23-24,29H,5,7-8,10-13,15H2/t17?,19-,20+,23+,24+/m1/s1. The number of ether oxygens (including phenoxy) is 1. The lowest BCUT2D eigenvalue weighted by molar-refractivity contribution is -0.138. The molecule has 5 atom stereocenters. The number of nitrogens with one attached hydrogen (secondary N) is 1. The lowest BCUT2D eigenvalue weighted by Crippen LogP contribution is -2.51. The van der Waals surface area contributed by atoms with E-state index in [1.54, 1.807) is 11.0 Å². The minimum absolute atomic E-state index is 0.0306. The SMILES string of the molecule is O=CN1CCN(C[C@H]2CC[C@@H]3[C@H](O2)c2cc(C(F)(F)F)ccc2N[C@H]3C2C=CC=CC2)CC1. The van der Waals surface area contributed by atoms with Crippen LogP contribution in [0.4, 0.5) is 18.9 Å². The first-order valence-corrected chi connectivity index (χ1v) is 11.8. The Morgan fingerprint density at radius 1 is 1.12 bits per heavy atom. The van der Waals surface area contributed by atoms with Crippen molar-refractivity contribution < 1.29 is 22.7 Å². The molecule has 2 fully saturated rings. The van der Waals surface area contributed by atoms with Gasteiger partial charge in [-0.1, -0.05) is 24.3 Å². The van der Waals surface area contributed by atoms with Crippen molar-refractivity contribution >= 4 is 12.1 Å². The number of hydrogen-bond donors (Lipinski definition) is 1. The van der Waals surface area contributed by atoms with E-state index >= 15 is 0 Å². The highest BCUT2D eigenvalue weighted by Gasteiger charge is 2.45. The molecule has 5 nitrogen and oxygen atoms in total. The van der Waals surface area contributed by atoms with Crippen LogP contribution >= 0.6 is 0 Å². The first kappa shape index (κ1) is 22.5. The number of allylic oxidation sites excluding steroid dienone is 3. The molecule has 1 aromatic rings. The molecule has 33 heavy (non-hydrogen) atoms. The number of anilines is 1. The van der Waals surface area contributed by atoms with E-state index in [9.17, 15) is 18.0 Å². The van der Waals surface area contributed by atoms with E-state index in [-0.39, 0.29) is 30.1 Å². The van der Waals surface area contributed by atoms with E-state index in [1.807, 2.05) is 6.08 Å². The van der Waals surface area contributed by atoms with Gasteiger partial charge in [0.1, 0.15) is 0 Å². The molecule has 1 aromatic carbocycles. The van der Waals surface area contributed by atoms with Gasteiger partial charge in [-0.3, -0.25) is 9.69 Å². The number of piperazine rings is 1. The van der Waals surface area contributed by atoms with Gasteiger partial charge in [-0.25, -0.2) is 0 Å². The zero-order chi connectivity index (χ0) is 23.0. The molecule has 0 saturated carbocycles. The third kappa shape index (κ3) is 4.68. The first-order valence-electron chi connectivity index (χ1n) is 11.8. The summed E-state index contributed by atoms with van der Waals surface area (Å²) in [6.07, 6.45) is 7.26. The van der Waals surface area contributed by atoms with Gasteiger partial charge in [0.05, 0.1) is 17.8 Å². The molecule has 0 bridgehead atoms. The molecule has 178 valence electrons. The van der Waals surface area contributed by atoms with E-state index in [0.29, 0.717) is 18.7 Å². The van der Waals surface area contributed by atoms with E-state index in [2.05, 4.69) is 28.4 Å². The lowest BCUT2D eigenvalue weighted by Gasteiger charge is -2.48. The highest BCUT2D eigenvalue weighted by molar-refractivity contribution is 5.58. The highest BCUT2D eigenvalue weighted by atomic mass is 19.4. The predicted molar refractivity (Wildman–Crippen MR) is 120 cm³/mol. The Morgan fingerprint density at radius 3 is 2.64 bits per heavy atom. The van der Waals surface area contributed by atoms with Crippen molar-refractivity contribution in [2.75, 3.05) is 38.0 Å². The van der Waals surface area contributed by atoms with Crippen LogP contribution in [0.15, 0.2) is 42.5 Å². The zero-order valence-corrected chi connectivity index (χ0v) is 18.5. The van der Waals surface area contributed by atoms with E-state index in [1.165, 1.54) is 6.07 Å². The Balaban J connectivity index is 1.38. The van der Waals surface area contributed by atoms with Gasteiger partial charge in [-0.2, -0.15) is 13.2 Å². The van der Waals surface area contributed by atoms with Crippen LogP contribution in [-0.4, -0.2) is 61.1 Å². The van der Waals surface area contributed by atoms with E-state index in [0.717, 1.165) is 57.1 Å². The Morgan fingerprint density at radius 2 is 1.94 bits per heavy atom. The van der Waals surface area contributed by atoms with Crippen molar-refractivity contribution in [3.63, 3.8) is 0 Å². The molecule has 4 aliphatic rings. The number of hydrogen-bond acceptors (Lipinski definition) is 4. The monoisotopic (exact) mass is 461 g/mol. The van der Waals surface area contributed by atoms with Crippen LogP contribution < -0.4 is 5.32 Å². The zero-order valence-electron chi connectivity index (χ0n) is 18.5. The predicted octanol–water partition coefficient (Wildman–Crippen LogP) is 4.24. The van der Waals surface area contributed by atoms with E-state index in [4.69, 9.17) is 4.74 Å². The number of nitrogens with zero attached hydrogens (tertiary/aromatic N) is 2.